The molecule has 2 N–H and O–H groups in total. The van der Waals surface area contributed by atoms with E-state index in [1.165, 1.54) is 23.1 Å². The highest BCUT2D eigenvalue weighted by Gasteiger charge is 2.13. The monoisotopic (exact) mass is 281 g/mol. The highest BCUT2D eigenvalue weighted by molar-refractivity contribution is 6.04. The van der Waals surface area contributed by atoms with Crippen molar-refractivity contribution in [2.75, 3.05) is 5.32 Å². The van der Waals surface area contributed by atoms with E-state index in [-0.39, 0.29) is 11.0 Å². The van der Waals surface area contributed by atoms with Crippen LogP contribution in [0.4, 0.5) is 5.69 Å². The van der Waals surface area contributed by atoms with Gasteiger partial charge in [0.05, 0.1) is 5.69 Å². The third-order valence-electron chi connectivity index (χ3n) is 2.82. The van der Waals surface area contributed by atoms with E-state index < -0.39 is 5.91 Å². The number of carbonyl (C=O) groups excluding carboxylic acids is 1. The topological polar surface area (TPSA) is 92.7 Å². The summed E-state index contributed by atoms with van der Waals surface area (Å²) in [6, 6.07) is 6.44. The van der Waals surface area contributed by atoms with Crippen LogP contribution in [0.15, 0.2) is 60.0 Å². The van der Waals surface area contributed by atoms with Crippen molar-refractivity contribution in [3.05, 3.63) is 71.0 Å². The summed E-state index contributed by atoms with van der Waals surface area (Å²) in [6.45, 7) is 0. The van der Waals surface area contributed by atoms with Crippen LogP contribution in [0.1, 0.15) is 10.4 Å². The Labute approximate surface area is 119 Å². The predicted octanol–water partition coefficient (Wildman–Crippen LogP) is 1.21. The Hall–Kier alpha value is -3.22. The van der Waals surface area contributed by atoms with Gasteiger partial charge in [-0.1, -0.05) is 0 Å². The zero-order valence-corrected chi connectivity index (χ0v) is 10.9. The van der Waals surface area contributed by atoms with Gasteiger partial charge >= 0.3 is 0 Å². The first-order chi connectivity index (χ1) is 10.3. The van der Waals surface area contributed by atoms with Crippen LogP contribution in [0.2, 0.25) is 0 Å². The number of nitrogens with one attached hydrogen (secondary N) is 2. The van der Waals surface area contributed by atoms with E-state index in [9.17, 15) is 9.59 Å². The number of anilines is 1. The summed E-state index contributed by atoms with van der Waals surface area (Å²) >= 11 is 0. The third-order valence-corrected chi connectivity index (χ3v) is 2.82. The van der Waals surface area contributed by atoms with E-state index in [0.29, 0.717) is 11.5 Å². The lowest BCUT2D eigenvalue weighted by molar-refractivity contribution is 0.102. The smallest absolute Gasteiger partial charge is 0.261 e. The molecule has 3 rings (SSSR count). The molecule has 1 amide bonds. The van der Waals surface area contributed by atoms with E-state index in [1.807, 2.05) is 0 Å². The maximum absolute atomic E-state index is 12.2. The van der Waals surface area contributed by atoms with Crippen molar-refractivity contribution >= 4 is 11.6 Å². The standard InChI is InChI=1S/C14H11N5O2/c20-12-4-7-15-9-10(12)14(21)18-11-3-1-5-16-13(11)19-8-2-6-17-19/h1-9H,(H,15,20)(H,18,21). The molecular formula is C14H11N5O2. The highest BCUT2D eigenvalue weighted by atomic mass is 16.2. The number of rotatable bonds is 3. The first-order valence-corrected chi connectivity index (χ1v) is 6.19. The molecule has 7 heteroatoms. The molecule has 0 unspecified atom stereocenters. The van der Waals surface area contributed by atoms with Gasteiger partial charge < -0.3 is 10.3 Å². The summed E-state index contributed by atoms with van der Waals surface area (Å²) in [7, 11) is 0. The summed E-state index contributed by atoms with van der Waals surface area (Å²) in [4.78, 5) is 30.7. The molecule has 0 aliphatic carbocycles. The molecule has 3 aromatic heterocycles. The van der Waals surface area contributed by atoms with Gasteiger partial charge in [-0.15, -0.1) is 0 Å². The Morgan fingerprint density at radius 2 is 2.14 bits per heavy atom. The van der Waals surface area contributed by atoms with Gasteiger partial charge in [0, 0.05) is 37.1 Å². The molecule has 7 nitrogen and oxygen atoms in total. The van der Waals surface area contributed by atoms with Gasteiger partial charge in [0.1, 0.15) is 5.56 Å². The highest BCUT2D eigenvalue weighted by Crippen LogP contribution is 2.16. The van der Waals surface area contributed by atoms with Crippen LogP contribution in [0, 0.1) is 0 Å². The molecule has 21 heavy (non-hydrogen) atoms. The lowest BCUT2D eigenvalue weighted by Gasteiger charge is -2.09. The Morgan fingerprint density at radius 1 is 1.24 bits per heavy atom. The first kappa shape index (κ1) is 12.8. The van der Waals surface area contributed by atoms with E-state index in [0.717, 1.165) is 0 Å². The average Bonchev–Trinajstić information content (AvgIpc) is 3.02. The number of H-pyrrole nitrogens is 1. The van der Waals surface area contributed by atoms with Gasteiger partial charge in [0.25, 0.3) is 5.91 Å². The predicted molar refractivity (Wildman–Crippen MR) is 76.4 cm³/mol. The fourth-order valence-electron chi connectivity index (χ4n) is 1.85. The van der Waals surface area contributed by atoms with Gasteiger partial charge in [-0.05, 0) is 18.2 Å². The van der Waals surface area contributed by atoms with E-state index >= 15 is 0 Å². The number of nitrogens with zero attached hydrogens (tertiary/aromatic N) is 3. The third kappa shape index (κ3) is 2.57. The maximum Gasteiger partial charge on any atom is 0.261 e. The Kier molecular flexibility index (Phi) is 3.30. The van der Waals surface area contributed by atoms with Crippen LogP contribution in [0.25, 0.3) is 5.82 Å². The van der Waals surface area contributed by atoms with Crippen molar-refractivity contribution in [2.24, 2.45) is 0 Å². The van der Waals surface area contributed by atoms with Crippen molar-refractivity contribution in [3.8, 4) is 5.82 Å². The molecule has 3 heterocycles. The largest absolute Gasteiger partial charge is 0.367 e. The van der Waals surface area contributed by atoms with Crippen LogP contribution >= 0.6 is 0 Å². The normalized spacial score (nSPS) is 10.3. The molecule has 0 spiro atoms. The minimum Gasteiger partial charge on any atom is -0.367 e. The fraction of sp³-hybridized carbons (Fsp3) is 0. The number of pyridine rings is 2. The molecule has 0 aliphatic heterocycles. The zero-order chi connectivity index (χ0) is 14.7. The quantitative estimate of drug-likeness (QED) is 0.754. The molecular weight excluding hydrogens is 270 g/mol. The number of hydrogen-bond donors (Lipinski definition) is 2. The summed E-state index contributed by atoms with van der Waals surface area (Å²) < 4.78 is 1.53. The van der Waals surface area contributed by atoms with E-state index in [1.54, 1.807) is 36.8 Å². The SMILES string of the molecule is O=C(Nc1cccnc1-n1cccn1)c1c[nH]ccc1=O. The summed E-state index contributed by atoms with van der Waals surface area (Å²) in [6.07, 6.45) is 7.76. The number of hydrogen-bond acceptors (Lipinski definition) is 4. The molecule has 3 aromatic rings. The van der Waals surface area contributed by atoms with Crippen molar-refractivity contribution < 1.29 is 4.79 Å². The molecule has 0 saturated carbocycles. The van der Waals surface area contributed by atoms with Gasteiger partial charge in [-0.3, -0.25) is 9.59 Å². The van der Waals surface area contributed by atoms with Crippen LogP contribution in [0.5, 0.6) is 0 Å². The second kappa shape index (κ2) is 5.41. The number of aromatic nitrogens is 4. The summed E-state index contributed by atoms with van der Waals surface area (Å²) in [5, 5.41) is 6.75. The molecule has 0 aromatic carbocycles. The molecule has 104 valence electrons. The van der Waals surface area contributed by atoms with Gasteiger partial charge in [0.15, 0.2) is 11.2 Å². The van der Waals surface area contributed by atoms with Crippen LogP contribution in [0.3, 0.4) is 0 Å². The Balaban J connectivity index is 1.95. The zero-order valence-electron chi connectivity index (χ0n) is 10.9. The first-order valence-electron chi connectivity index (χ1n) is 6.19. The van der Waals surface area contributed by atoms with Crippen molar-refractivity contribution in [3.63, 3.8) is 0 Å². The van der Waals surface area contributed by atoms with Crippen LogP contribution < -0.4 is 10.7 Å². The minimum absolute atomic E-state index is 0.0350. The van der Waals surface area contributed by atoms with Gasteiger partial charge in [-0.25, -0.2) is 9.67 Å². The van der Waals surface area contributed by atoms with Crippen LogP contribution in [-0.2, 0) is 0 Å². The lowest BCUT2D eigenvalue weighted by atomic mass is 10.2. The Bertz CT molecular complexity index is 823. The van der Waals surface area contributed by atoms with Crippen molar-refractivity contribution in [1.29, 1.82) is 0 Å². The second-order valence-electron chi connectivity index (χ2n) is 4.20. The molecule has 0 atom stereocenters. The molecule has 0 bridgehead atoms. The molecule has 0 fully saturated rings. The van der Waals surface area contributed by atoms with E-state index in [4.69, 9.17) is 0 Å². The number of aromatic amines is 1. The fourth-order valence-corrected chi connectivity index (χ4v) is 1.85. The minimum atomic E-state index is -0.502. The molecule has 0 radical (unpaired) electrons. The summed E-state index contributed by atoms with van der Waals surface area (Å²) in [5.74, 6) is -0.0264. The summed E-state index contributed by atoms with van der Waals surface area (Å²) in [5.41, 5.74) is 0.151. The lowest BCUT2D eigenvalue weighted by Crippen LogP contribution is -2.21. The number of amides is 1. The second-order valence-corrected chi connectivity index (χ2v) is 4.20. The number of carbonyl (C=O) groups is 1. The molecule has 0 aliphatic rings. The average molecular weight is 281 g/mol. The van der Waals surface area contributed by atoms with Crippen LogP contribution in [-0.4, -0.2) is 25.7 Å². The van der Waals surface area contributed by atoms with Crippen molar-refractivity contribution in [2.45, 2.75) is 0 Å². The van der Waals surface area contributed by atoms with Gasteiger partial charge in [-0.2, -0.15) is 5.10 Å². The maximum atomic E-state index is 12.2. The van der Waals surface area contributed by atoms with Gasteiger partial charge in [0.2, 0.25) is 0 Å². The Morgan fingerprint density at radius 3 is 2.90 bits per heavy atom. The van der Waals surface area contributed by atoms with E-state index in [2.05, 4.69) is 20.4 Å². The van der Waals surface area contributed by atoms with Crippen molar-refractivity contribution in [1.82, 2.24) is 19.7 Å². The molecule has 0 saturated heterocycles.